The lowest BCUT2D eigenvalue weighted by Gasteiger charge is -2.23. The molecule has 0 aromatic heterocycles. The van der Waals surface area contributed by atoms with Crippen LogP contribution in [0, 0.1) is 0 Å². The van der Waals surface area contributed by atoms with Gasteiger partial charge in [-0.25, -0.2) is 8.78 Å². The van der Waals surface area contributed by atoms with Crippen LogP contribution < -0.4 is 5.32 Å². The van der Waals surface area contributed by atoms with Gasteiger partial charge < -0.3 is 10.4 Å². The maximum Gasteiger partial charge on any atom is 0.263 e. The van der Waals surface area contributed by atoms with Crippen molar-refractivity contribution in [3.05, 3.63) is 35.4 Å². The average Bonchev–Trinajstić information content (AvgIpc) is 2.27. The van der Waals surface area contributed by atoms with Crippen molar-refractivity contribution in [2.24, 2.45) is 0 Å². The van der Waals surface area contributed by atoms with E-state index < -0.39 is 12.0 Å². The van der Waals surface area contributed by atoms with Gasteiger partial charge in [0.1, 0.15) is 0 Å². The van der Waals surface area contributed by atoms with E-state index in [-0.39, 0.29) is 12.2 Å². The van der Waals surface area contributed by atoms with Gasteiger partial charge in [-0.15, -0.1) is 0 Å². The summed E-state index contributed by atoms with van der Waals surface area (Å²) in [5.41, 5.74) is 0.418. The summed E-state index contributed by atoms with van der Waals surface area (Å²) in [4.78, 5) is 0. The molecule has 0 saturated carbocycles. The molecular formula is C12H17F2NO. The summed E-state index contributed by atoms with van der Waals surface area (Å²) in [6.45, 7) is 4.17. The lowest BCUT2D eigenvalue weighted by atomic mass is 10.1. The minimum absolute atomic E-state index is 0.00153. The second-order valence-corrected chi connectivity index (χ2v) is 4.44. The van der Waals surface area contributed by atoms with E-state index in [0.29, 0.717) is 6.54 Å². The van der Waals surface area contributed by atoms with Crippen LogP contribution in [0.15, 0.2) is 24.3 Å². The van der Waals surface area contributed by atoms with Crippen LogP contribution in [0.2, 0.25) is 0 Å². The summed E-state index contributed by atoms with van der Waals surface area (Å²) >= 11 is 0. The molecule has 0 amide bonds. The molecule has 16 heavy (non-hydrogen) atoms. The molecule has 0 radical (unpaired) electrons. The van der Waals surface area contributed by atoms with Gasteiger partial charge in [0.2, 0.25) is 0 Å². The zero-order chi connectivity index (χ0) is 12.2. The Balaban J connectivity index is 2.64. The monoisotopic (exact) mass is 229 g/mol. The Hall–Kier alpha value is -1.00. The molecular weight excluding hydrogens is 212 g/mol. The zero-order valence-corrected chi connectivity index (χ0v) is 9.50. The van der Waals surface area contributed by atoms with Crippen LogP contribution >= 0.6 is 0 Å². The van der Waals surface area contributed by atoms with Gasteiger partial charge in [-0.3, -0.25) is 0 Å². The molecule has 0 saturated heterocycles. The fourth-order valence-corrected chi connectivity index (χ4v) is 1.24. The highest BCUT2D eigenvalue weighted by atomic mass is 19.3. The van der Waals surface area contributed by atoms with Gasteiger partial charge in [-0.05, 0) is 25.5 Å². The van der Waals surface area contributed by atoms with Crippen molar-refractivity contribution >= 4 is 0 Å². The number of hydrogen-bond donors (Lipinski definition) is 2. The number of alkyl halides is 2. The Kier molecular flexibility index (Phi) is 4.38. The van der Waals surface area contributed by atoms with Crippen molar-refractivity contribution < 1.29 is 13.9 Å². The number of rotatable bonds is 5. The predicted octanol–water partition coefficient (Wildman–Crippen LogP) is 2.48. The zero-order valence-electron chi connectivity index (χ0n) is 9.50. The molecule has 0 heterocycles. The van der Waals surface area contributed by atoms with Crippen molar-refractivity contribution in [1.82, 2.24) is 5.32 Å². The summed E-state index contributed by atoms with van der Waals surface area (Å²) < 4.78 is 24.9. The minimum atomic E-state index is -2.44. The van der Waals surface area contributed by atoms with Crippen molar-refractivity contribution in [1.29, 1.82) is 0 Å². The Morgan fingerprint density at radius 1 is 1.38 bits per heavy atom. The van der Waals surface area contributed by atoms with E-state index in [4.69, 9.17) is 5.11 Å². The van der Waals surface area contributed by atoms with E-state index in [9.17, 15) is 8.78 Å². The van der Waals surface area contributed by atoms with Crippen molar-refractivity contribution in [2.75, 3.05) is 6.61 Å². The first-order chi connectivity index (χ1) is 7.44. The normalized spacial score (nSPS) is 12.1. The SMILES string of the molecule is CC(C)(CO)NCc1cccc(C(F)F)c1. The Labute approximate surface area is 94.3 Å². The second kappa shape index (κ2) is 5.37. The Bertz CT molecular complexity index is 340. The molecule has 0 atom stereocenters. The lowest BCUT2D eigenvalue weighted by molar-refractivity contribution is 0.151. The molecule has 1 aromatic rings. The third-order valence-corrected chi connectivity index (χ3v) is 2.37. The second-order valence-electron chi connectivity index (χ2n) is 4.44. The van der Waals surface area contributed by atoms with Gasteiger partial charge in [0.25, 0.3) is 6.43 Å². The number of aliphatic hydroxyl groups is 1. The molecule has 90 valence electrons. The maximum absolute atomic E-state index is 12.4. The number of benzene rings is 1. The number of halogens is 2. The van der Waals surface area contributed by atoms with E-state index in [0.717, 1.165) is 5.56 Å². The van der Waals surface area contributed by atoms with Crippen LogP contribution in [0.25, 0.3) is 0 Å². The number of hydrogen-bond acceptors (Lipinski definition) is 2. The molecule has 2 N–H and O–H groups in total. The van der Waals surface area contributed by atoms with Gasteiger partial charge >= 0.3 is 0 Å². The smallest absolute Gasteiger partial charge is 0.263 e. The van der Waals surface area contributed by atoms with Gasteiger partial charge in [0.15, 0.2) is 0 Å². The third kappa shape index (κ3) is 3.87. The van der Waals surface area contributed by atoms with Crippen molar-refractivity contribution in [2.45, 2.75) is 32.4 Å². The first kappa shape index (κ1) is 13.1. The number of aliphatic hydroxyl groups excluding tert-OH is 1. The fourth-order valence-electron chi connectivity index (χ4n) is 1.24. The predicted molar refractivity (Wildman–Crippen MR) is 59.4 cm³/mol. The van der Waals surface area contributed by atoms with E-state index in [1.807, 2.05) is 13.8 Å². The maximum atomic E-state index is 12.4. The van der Waals surface area contributed by atoms with Crippen LogP contribution in [-0.4, -0.2) is 17.3 Å². The molecule has 0 aliphatic heterocycles. The van der Waals surface area contributed by atoms with Crippen LogP contribution in [0.3, 0.4) is 0 Å². The summed E-state index contributed by atoms with van der Waals surface area (Å²) in [5, 5.41) is 12.1. The quantitative estimate of drug-likeness (QED) is 0.813. The Morgan fingerprint density at radius 2 is 2.06 bits per heavy atom. The van der Waals surface area contributed by atoms with Crippen LogP contribution in [0.5, 0.6) is 0 Å². The first-order valence-electron chi connectivity index (χ1n) is 5.17. The summed E-state index contributed by atoms with van der Waals surface area (Å²) in [5.74, 6) is 0. The third-order valence-electron chi connectivity index (χ3n) is 2.37. The molecule has 0 bridgehead atoms. The minimum Gasteiger partial charge on any atom is -0.394 e. The summed E-state index contributed by atoms with van der Waals surface area (Å²) in [6.07, 6.45) is -2.44. The summed E-state index contributed by atoms with van der Waals surface area (Å²) in [6, 6.07) is 6.28. The fraction of sp³-hybridized carbons (Fsp3) is 0.500. The Morgan fingerprint density at radius 3 is 2.62 bits per heavy atom. The number of nitrogens with one attached hydrogen (secondary N) is 1. The van der Waals surface area contributed by atoms with E-state index in [2.05, 4.69) is 5.32 Å². The molecule has 0 unspecified atom stereocenters. The van der Waals surface area contributed by atoms with E-state index in [1.54, 1.807) is 12.1 Å². The van der Waals surface area contributed by atoms with Gasteiger partial charge in [-0.2, -0.15) is 0 Å². The molecule has 0 spiro atoms. The van der Waals surface area contributed by atoms with Crippen LogP contribution in [0.1, 0.15) is 31.4 Å². The molecule has 1 aromatic carbocycles. The van der Waals surface area contributed by atoms with E-state index in [1.165, 1.54) is 12.1 Å². The highest BCUT2D eigenvalue weighted by Crippen LogP contribution is 2.19. The lowest BCUT2D eigenvalue weighted by Crippen LogP contribution is -2.42. The van der Waals surface area contributed by atoms with Gasteiger partial charge in [-0.1, -0.05) is 18.2 Å². The largest absolute Gasteiger partial charge is 0.394 e. The van der Waals surface area contributed by atoms with Crippen molar-refractivity contribution in [3.8, 4) is 0 Å². The highest BCUT2D eigenvalue weighted by Gasteiger charge is 2.15. The molecule has 4 heteroatoms. The highest BCUT2D eigenvalue weighted by molar-refractivity contribution is 5.24. The molecule has 1 rings (SSSR count). The average molecular weight is 229 g/mol. The molecule has 0 fully saturated rings. The molecule has 0 aliphatic rings. The van der Waals surface area contributed by atoms with Gasteiger partial charge in [0, 0.05) is 17.6 Å². The van der Waals surface area contributed by atoms with E-state index >= 15 is 0 Å². The van der Waals surface area contributed by atoms with Gasteiger partial charge in [0.05, 0.1) is 6.61 Å². The topological polar surface area (TPSA) is 32.3 Å². The molecule has 0 aliphatic carbocycles. The first-order valence-corrected chi connectivity index (χ1v) is 5.17. The summed E-state index contributed by atoms with van der Waals surface area (Å²) in [7, 11) is 0. The van der Waals surface area contributed by atoms with Crippen LogP contribution in [-0.2, 0) is 6.54 Å². The molecule has 2 nitrogen and oxygen atoms in total. The standard InChI is InChI=1S/C12H17F2NO/c1-12(2,8-16)15-7-9-4-3-5-10(6-9)11(13)14/h3-6,11,15-16H,7-8H2,1-2H3. The van der Waals surface area contributed by atoms with Crippen molar-refractivity contribution in [3.63, 3.8) is 0 Å². The van der Waals surface area contributed by atoms with Crippen LogP contribution in [0.4, 0.5) is 8.78 Å².